The molecule has 6 nitrogen and oxygen atoms in total. The first-order chi connectivity index (χ1) is 13.8. The number of rotatable bonds is 5. The van der Waals surface area contributed by atoms with Crippen molar-refractivity contribution in [2.45, 2.75) is 57.2 Å². The van der Waals surface area contributed by atoms with Crippen molar-refractivity contribution in [1.82, 2.24) is 5.01 Å². The van der Waals surface area contributed by atoms with Crippen LogP contribution in [-0.4, -0.2) is 59.3 Å². The van der Waals surface area contributed by atoms with Crippen LogP contribution >= 0.6 is 10.0 Å². The molecular formula is C21H31N3O3S2. The van der Waals surface area contributed by atoms with Gasteiger partial charge in [-0.25, -0.2) is 23.5 Å². The predicted octanol–water partition coefficient (Wildman–Crippen LogP) is 3.53. The molecule has 29 heavy (non-hydrogen) atoms. The smallest absolute Gasteiger partial charge is 0.239 e. The molecule has 2 atom stereocenters. The third kappa shape index (κ3) is 4.06. The summed E-state index contributed by atoms with van der Waals surface area (Å²) in [6, 6.07) is 7.54. The second kappa shape index (κ2) is 7.95. The zero-order valence-electron chi connectivity index (χ0n) is 17.3. The summed E-state index contributed by atoms with van der Waals surface area (Å²) >= 11 is 0. The van der Waals surface area contributed by atoms with Crippen LogP contribution in [0.5, 0.6) is 0 Å². The lowest BCUT2D eigenvalue weighted by atomic mass is 10.00. The molecule has 0 bridgehead atoms. The maximum Gasteiger partial charge on any atom is 0.239 e. The van der Waals surface area contributed by atoms with E-state index >= 15 is 0 Å². The van der Waals surface area contributed by atoms with E-state index in [0.717, 1.165) is 17.7 Å². The quantitative estimate of drug-likeness (QED) is 0.765. The van der Waals surface area contributed by atoms with Gasteiger partial charge in [-0.15, -0.1) is 0 Å². The summed E-state index contributed by atoms with van der Waals surface area (Å²) in [5.41, 5.74) is 2.46. The van der Waals surface area contributed by atoms with Crippen LogP contribution in [0.3, 0.4) is 0 Å². The molecule has 8 heteroatoms. The van der Waals surface area contributed by atoms with Crippen molar-refractivity contribution < 1.29 is 13.2 Å². The lowest BCUT2D eigenvalue weighted by Crippen LogP contribution is -2.41. The minimum Gasteiger partial charge on any atom is -0.284 e. The van der Waals surface area contributed by atoms with Gasteiger partial charge in [-0.05, 0) is 67.6 Å². The van der Waals surface area contributed by atoms with Crippen molar-refractivity contribution in [3.05, 3.63) is 29.8 Å². The second-order valence-corrected chi connectivity index (χ2v) is 14.4. The van der Waals surface area contributed by atoms with Gasteiger partial charge in [0.15, 0.2) is 0 Å². The molecule has 1 N–H and O–H groups in total. The van der Waals surface area contributed by atoms with Crippen LogP contribution < -0.4 is 4.72 Å². The second-order valence-electron chi connectivity index (χ2n) is 8.38. The minimum atomic E-state index is -3.29. The Bertz CT molecular complexity index is 900. The largest absolute Gasteiger partial charge is 0.284 e. The van der Waals surface area contributed by atoms with E-state index in [2.05, 4.69) is 4.72 Å². The molecule has 160 valence electrons. The van der Waals surface area contributed by atoms with Gasteiger partial charge < -0.3 is 0 Å². The minimum absolute atomic E-state index is 0.0248. The third-order valence-corrected chi connectivity index (χ3v) is 13.0. The van der Waals surface area contributed by atoms with Gasteiger partial charge in [0.25, 0.3) is 0 Å². The number of nitrogens with one attached hydrogen (secondary N) is 1. The molecule has 0 radical (unpaired) electrons. The number of hydrazone groups is 1. The molecule has 1 aromatic rings. The Labute approximate surface area is 175 Å². The summed E-state index contributed by atoms with van der Waals surface area (Å²) < 4.78 is 26.1. The third-order valence-electron chi connectivity index (χ3n) is 6.60. The molecule has 3 aliphatic heterocycles. The van der Waals surface area contributed by atoms with Crippen molar-refractivity contribution in [3.63, 3.8) is 0 Å². The molecule has 3 heterocycles. The Kier molecular flexibility index (Phi) is 5.68. The highest BCUT2D eigenvalue weighted by Gasteiger charge is 2.48. The molecule has 3 aliphatic rings. The fourth-order valence-corrected chi connectivity index (χ4v) is 11.2. The maximum atomic E-state index is 12.4. The van der Waals surface area contributed by atoms with Gasteiger partial charge in [-0.3, -0.25) is 9.52 Å². The monoisotopic (exact) mass is 437 g/mol. The summed E-state index contributed by atoms with van der Waals surface area (Å²) in [6.45, 7) is 3.23. The molecule has 0 aromatic heterocycles. The van der Waals surface area contributed by atoms with E-state index in [9.17, 15) is 13.2 Å². The number of anilines is 1. The normalized spacial score (nSPS) is 27.2. The first-order valence-corrected chi connectivity index (χ1v) is 14.4. The first kappa shape index (κ1) is 20.7. The van der Waals surface area contributed by atoms with Crippen molar-refractivity contribution >= 4 is 37.4 Å². The summed E-state index contributed by atoms with van der Waals surface area (Å²) in [7, 11) is -3.88. The summed E-state index contributed by atoms with van der Waals surface area (Å²) in [5, 5.41) is 7.11. The molecule has 1 aromatic carbocycles. The molecule has 2 unspecified atom stereocenters. The number of nitrogens with zero attached hydrogens (tertiary/aromatic N) is 2. The highest BCUT2D eigenvalue weighted by atomic mass is 32.3. The Morgan fingerprint density at radius 3 is 2.45 bits per heavy atom. The van der Waals surface area contributed by atoms with Crippen LogP contribution in [-0.2, 0) is 14.8 Å². The SMILES string of the molecule is CCS(=O)(=O)Nc1ccc(C2=NN(C(C)=O)C(C3CCCS34CCCC4)C2)cc1. The van der Waals surface area contributed by atoms with Crippen LogP contribution in [0.1, 0.15) is 51.5 Å². The van der Waals surface area contributed by atoms with Crippen molar-refractivity contribution in [2.75, 3.05) is 27.7 Å². The highest BCUT2D eigenvalue weighted by molar-refractivity contribution is 8.34. The van der Waals surface area contributed by atoms with Gasteiger partial charge in [0, 0.05) is 24.3 Å². The average molecular weight is 438 g/mol. The van der Waals surface area contributed by atoms with Gasteiger partial charge >= 0.3 is 0 Å². The Balaban J connectivity index is 1.55. The van der Waals surface area contributed by atoms with Crippen LogP contribution in [0.2, 0.25) is 0 Å². The lowest BCUT2D eigenvalue weighted by molar-refractivity contribution is -0.130. The highest BCUT2D eigenvalue weighted by Crippen LogP contribution is 2.65. The Morgan fingerprint density at radius 1 is 1.17 bits per heavy atom. The predicted molar refractivity (Wildman–Crippen MR) is 121 cm³/mol. The average Bonchev–Trinajstić information content (AvgIpc) is 3.43. The van der Waals surface area contributed by atoms with Crippen LogP contribution in [0, 0.1) is 0 Å². The summed E-state index contributed by atoms with van der Waals surface area (Å²) in [5.74, 6) is 4.20. The van der Waals surface area contributed by atoms with Gasteiger partial charge in [-0.1, -0.05) is 12.1 Å². The van der Waals surface area contributed by atoms with E-state index < -0.39 is 20.1 Å². The molecule has 0 aliphatic carbocycles. The van der Waals surface area contributed by atoms with E-state index in [1.54, 1.807) is 31.0 Å². The topological polar surface area (TPSA) is 78.8 Å². The van der Waals surface area contributed by atoms with E-state index in [-0.39, 0.29) is 17.7 Å². The number of benzene rings is 1. The van der Waals surface area contributed by atoms with Gasteiger partial charge in [0.05, 0.1) is 17.5 Å². The zero-order chi connectivity index (χ0) is 20.6. The van der Waals surface area contributed by atoms with Gasteiger partial charge in [0.2, 0.25) is 15.9 Å². The number of hydrogen-bond donors (Lipinski definition) is 1. The standard InChI is InChI=1S/C21H31N3O3S2/c1-3-29(26,27)23-18-10-8-17(9-11-18)19-15-20(24(22-19)16(2)25)21-7-6-14-28(21)12-4-5-13-28/h8-11,20-21,23H,3-7,12-15H2,1-2H3. The van der Waals surface area contributed by atoms with Crippen molar-refractivity contribution in [2.24, 2.45) is 5.10 Å². The molecule has 1 spiro atoms. The maximum absolute atomic E-state index is 12.4. The fourth-order valence-electron chi connectivity index (χ4n) is 5.17. The van der Waals surface area contributed by atoms with Crippen molar-refractivity contribution in [1.29, 1.82) is 0 Å². The fraction of sp³-hybridized carbons (Fsp3) is 0.619. The lowest BCUT2D eigenvalue weighted by Gasteiger charge is -2.42. The van der Waals surface area contributed by atoms with E-state index in [1.807, 2.05) is 12.1 Å². The Hall–Kier alpha value is -1.54. The first-order valence-electron chi connectivity index (χ1n) is 10.6. The molecule has 0 saturated carbocycles. The van der Waals surface area contributed by atoms with Crippen LogP contribution in [0.15, 0.2) is 29.4 Å². The molecular weight excluding hydrogens is 406 g/mol. The van der Waals surface area contributed by atoms with Crippen LogP contribution in [0.25, 0.3) is 0 Å². The number of amides is 1. The number of carbonyl (C=O) groups excluding carboxylic acids is 1. The van der Waals surface area contributed by atoms with E-state index in [1.165, 1.54) is 42.9 Å². The Morgan fingerprint density at radius 2 is 1.83 bits per heavy atom. The molecule has 4 rings (SSSR count). The zero-order valence-corrected chi connectivity index (χ0v) is 18.9. The molecule has 2 saturated heterocycles. The molecule has 1 amide bonds. The van der Waals surface area contributed by atoms with Crippen molar-refractivity contribution in [3.8, 4) is 0 Å². The van der Waals surface area contributed by atoms with Crippen LogP contribution in [0.4, 0.5) is 5.69 Å². The summed E-state index contributed by atoms with van der Waals surface area (Å²) in [4.78, 5) is 12.4. The van der Waals surface area contributed by atoms with E-state index in [4.69, 9.17) is 5.10 Å². The number of hydrogen-bond acceptors (Lipinski definition) is 4. The van der Waals surface area contributed by atoms with E-state index in [0.29, 0.717) is 10.9 Å². The number of carbonyl (C=O) groups is 1. The van der Waals surface area contributed by atoms with Gasteiger partial charge in [0.1, 0.15) is 0 Å². The molecule has 2 fully saturated rings. The van der Waals surface area contributed by atoms with Gasteiger partial charge in [-0.2, -0.15) is 5.10 Å². The summed E-state index contributed by atoms with van der Waals surface area (Å²) in [6.07, 6.45) is 6.02. The number of sulfonamides is 1.